The van der Waals surface area contributed by atoms with E-state index in [0.29, 0.717) is 5.56 Å². The molecule has 122 valence electrons. The van der Waals surface area contributed by atoms with Gasteiger partial charge in [-0.25, -0.2) is 4.79 Å². The smallest absolute Gasteiger partial charge is 0.338 e. The standard InChI is InChI=1S/C15H20O7/c1-19-10(8-16)11-12(20-2)13(15(18)21-11)22-14(17)9-6-4-3-5-7-9/h3-7,10-13,15-16,18H,8H2,1-2H3/t10-,11-,12+,13-,15+/m1/s1. The van der Waals surface area contributed by atoms with Crippen molar-refractivity contribution in [3.63, 3.8) is 0 Å². The minimum absolute atomic E-state index is 0.312. The van der Waals surface area contributed by atoms with Gasteiger partial charge in [-0.2, -0.15) is 0 Å². The number of esters is 1. The van der Waals surface area contributed by atoms with E-state index in [1.807, 2.05) is 0 Å². The molecule has 0 spiro atoms. The molecule has 0 radical (unpaired) electrons. The van der Waals surface area contributed by atoms with Crippen molar-refractivity contribution in [1.29, 1.82) is 0 Å². The third-order valence-corrected chi connectivity index (χ3v) is 3.60. The number of carbonyl (C=O) groups is 1. The Bertz CT molecular complexity index is 474. The Kier molecular flexibility index (Phi) is 5.87. The summed E-state index contributed by atoms with van der Waals surface area (Å²) in [6, 6.07) is 8.41. The predicted molar refractivity (Wildman–Crippen MR) is 75.2 cm³/mol. The van der Waals surface area contributed by atoms with E-state index in [4.69, 9.17) is 18.9 Å². The van der Waals surface area contributed by atoms with Gasteiger partial charge in [0.05, 0.1) is 12.2 Å². The average molecular weight is 312 g/mol. The van der Waals surface area contributed by atoms with Gasteiger partial charge in [0.2, 0.25) is 0 Å². The van der Waals surface area contributed by atoms with Gasteiger partial charge in [-0.15, -0.1) is 0 Å². The van der Waals surface area contributed by atoms with Crippen molar-refractivity contribution in [2.45, 2.75) is 30.7 Å². The summed E-state index contributed by atoms with van der Waals surface area (Å²) in [6.45, 7) is -0.312. The number of benzene rings is 1. The maximum absolute atomic E-state index is 12.1. The summed E-state index contributed by atoms with van der Waals surface area (Å²) in [6.07, 6.45) is -4.55. The Morgan fingerprint density at radius 1 is 1.27 bits per heavy atom. The molecule has 22 heavy (non-hydrogen) atoms. The van der Waals surface area contributed by atoms with E-state index in [1.54, 1.807) is 30.3 Å². The van der Waals surface area contributed by atoms with E-state index >= 15 is 0 Å². The Morgan fingerprint density at radius 3 is 2.50 bits per heavy atom. The first-order valence-corrected chi connectivity index (χ1v) is 6.88. The fourth-order valence-corrected chi connectivity index (χ4v) is 2.44. The summed E-state index contributed by atoms with van der Waals surface area (Å²) in [5, 5.41) is 19.3. The molecule has 7 nitrogen and oxygen atoms in total. The van der Waals surface area contributed by atoms with Crippen molar-refractivity contribution in [2.75, 3.05) is 20.8 Å². The topological polar surface area (TPSA) is 94.5 Å². The summed E-state index contributed by atoms with van der Waals surface area (Å²) >= 11 is 0. The summed E-state index contributed by atoms with van der Waals surface area (Å²) in [7, 11) is 2.82. The van der Waals surface area contributed by atoms with Crippen LogP contribution in [0, 0.1) is 0 Å². The Balaban J connectivity index is 2.11. The Morgan fingerprint density at radius 2 is 1.95 bits per heavy atom. The zero-order valence-electron chi connectivity index (χ0n) is 12.4. The second kappa shape index (κ2) is 7.66. The van der Waals surface area contributed by atoms with Gasteiger partial charge in [-0.1, -0.05) is 18.2 Å². The Labute approximate surface area is 128 Å². The van der Waals surface area contributed by atoms with Gasteiger partial charge >= 0.3 is 5.97 Å². The molecule has 0 aliphatic carbocycles. The molecule has 1 aromatic carbocycles. The molecule has 7 heteroatoms. The van der Waals surface area contributed by atoms with Crippen LogP contribution in [0.2, 0.25) is 0 Å². The van der Waals surface area contributed by atoms with Crippen LogP contribution in [-0.2, 0) is 18.9 Å². The summed E-state index contributed by atoms with van der Waals surface area (Å²) in [5.41, 5.74) is 0.360. The first-order valence-electron chi connectivity index (χ1n) is 6.88. The highest BCUT2D eigenvalue weighted by Crippen LogP contribution is 2.28. The molecular weight excluding hydrogens is 292 g/mol. The number of hydrogen-bond donors (Lipinski definition) is 2. The molecular formula is C15H20O7. The lowest BCUT2D eigenvalue weighted by Crippen LogP contribution is -2.44. The molecule has 1 aliphatic heterocycles. The summed E-state index contributed by atoms with van der Waals surface area (Å²) in [4.78, 5) is 12.1. The summed E-state index contributed by atoms with van der Waals surface area (Å²) in [5.74, 6) is -0.589. The number of carbonyl (C=O) groups excluding carboxylic acids is 1. The van der Waals surface area contributed by atoms with Crippen LogP contribution in [0.1, 0.15) is 10.4 Å². The fraction of sp³-hybridized carbons (Fsp3) is 0.533. The molecule has 1 saturated heterocycles. The molecule has 5 atom stereocenters. The van der Waals surface area contributed by atoms with Gasteiger partial charge in [0.25, 0.3) is 0 Å². The molecule has 1 aliphatic rings. The van der Waals surface area contributed by atoms with Crippen LogP contribution in [0.25, 0.3) is 0 Å². The second-order valence-corrected chi connectivity index (χ2v) is 4.88. The number of hydrogen-bond acceptors (Lipinski definition) is 7. The predicted octanol–water partition coefficient (Wildman–Crippen LogP) is -0.0485. The lowest BCUT2D eigenvalue weighted by atomic mass is 10.1. The average Bonchev–Trinajstić information content (AvgIpc) is 2.85. The largest absolute Gasteiger partial charge is 0.450 e. The highest BCUT2D eigenvalue weighted by molar-refractivity contribution is 5.89. The minimum atomic E-state index is -1.35. The molecule has 1 heterocycles. The van der Waals surface area contributed by atoms with Crippen molar-refractivity contribution in [2.24, 2.45) is 0 Å². The van der Waals surface area contributed by atoms with E-state index in [2.05, 4.69) is 0 Å². The zero-order chi connectivity index (χ0) is 16.1. The van der Waals surface area contributed by atoms with E-state index in [0.717, 1.165) is 0 Å². The lowest BCUT2D eigenvalue weighted by Gasteiger charge is -2.25. The summed E-state index contributed by atoms with van der Waals surface area (Å²) < 4.78 is 21.0. The van der Waals surface area contributed by atoms with Gasteiger partial charge in [-0.3, -0.25) is 0 Å². The van der Waals surface area contributed by atoms with Crippen molar-refractivity contribution < 1.29 is 34.0 Å². The van der Waals surface area contributed by atoms with Gasteiger partial charge in [0.15, 0.2) is 12.4 Å². The minimum Gasteiger partial charge on any atom is -0.450 e. The van der Waals surface area contributed by atoms with E-state index in [1.165, 1.54) is 14.2 Å². The first-order chi connectivity index (χ1) is 10.6. The van der Waals surface area contributed by atoms with Crippen LogP contribution < -0.4 is 0 Å². The highest BCUT2D eigenvalue weighted by Gasteiger charge is 2.50. The van der Waals surface area contributed by atoms with Gasteiger partial charge in [0.1, 0.15) is 18.3 Å². The van der Waals surface area contributed by atoms with Crippen molar-refractivity contribution in [1.82, 2.24) is 0 Å². The second-order valence-electron chi connectivity index (χ2n) is 4.88. The molecule has 2 N–H and O–H groups in total. The molecule has 0 amide bonds. The third kappa shape index (κ3) is 3.45. The van der Waals surface area contributed by atoms with Crippen LogP contribution in [0.15, 0.2) is 30.3 Å². The quantitative estimate of drug-likeness (QED) is 0.711. The van der Waals surface area contributed by atoms with Crippen LogP contribution >= 0.6 is 0 Å². The molecule has 0 unspecified atom stereocenters. The number of rotatable bonds is 6. The maximum Gasteiger partial charge on any atom is 0.338 e. The lowest BCUT2D eigenvalue weighted by molar-refractivity contribution is -0.156. The monoisotopic (exact) mass is 312 g/mol. The highest BCUT2D eigenvalue weighted by atomic mass is 16.7. The first kappa shape index (κ1) is 16.9. The van der Waals surface area contributed by atoms with Gasteiger partial charge in [0, 0.05) is 14.2 Å². The maximum atomic E-state index is 12.1. The SMILES string of the molecule is CO[C@@H]1[C@@H](OC(=O)c2ccccc2)[C@@H](O)O[C@@H]1[C@@H](CO)OC. The van der Waals surface area contributed by atoms with Crippen molar-refractivity contribution >= 4 is 5.97 Å². The molecule has 1 aromatic rings. The van der Waals surface area contributed by atoms with Gasteiger partial charge in [-0.05, 0) is 12.1 Å². The van der Waals surface area contributed by atoms with Gasteiger partial charge < -0.3 is 29.2 Å². The van der Waals surface area contributed by atoms with Crippen LogP contribution in [0.5, 0.6) is 0 Å². The molecule has 0 aromatic heterocycles. The molecule has 1 fully saturated rings. The number of aliphatic hydroxyl groups excluding tert-OH is 2. The van der Waals surface area contributed by atoms with E-state index in [9.17, 15) is 15.0 Å². The molecule has 0 saturated carbocycles. The van der Waals surface area contributed by atoms with E-state index in [-0.39, 0.29) is 6.61 Å². The van der Waals surface area contributed by atoms with Crippen molar-refractivity contribution in [3.8, 4) is 0 Å². The van der Waals surface area contributed by atoms with Crippen LogP contribution in [0.4, 0.5) is 0 Å². The molecule has 0 bridgehead atoms. The third-order valence-electron chi connectivity index (χ3n) is 3.60. The fourth-order valence-electron chi connectivity index (χ4n) is 2.44. The van der Waals surface area contributed by atoms with Crippen molar-refractivity contribution in [3.05, 3.63) is 35.9 Å². The number of aliphatic hydroxyl groups is 2. The molecule has 2 rings (SSSR count). The van der Waals surface area contributed by atoms with Crippen LogP contribution in [-0.4, -0.2) is 67.7 Å². The normalized spacial score (nSPS) is 29.3. The van der Waals surface area contributed by atoms with E-state index < -0.39 is 36.7 Å². The number of methoxy groups -OCH3 is 2. The zero-order valence-corrected chi connectivity index (χ0v) is 12.4. The van der Waals surface area contributed by atoms with Crippen LogP contribution in [0.3, 0.4) is 0 Å². The number of ether oxygens (including phenoxy) is 4. The Hall–Kier alpha value is -1.51.